The van der Waals surface area contributed by atoms with Crippen LogP contribution in [0.25, 0.3) is 11.1 Å². The Morgan fingerprint density at radius 2 is 2.11 bits per heavy atom. The number of rotatable bonds is 5. The summed E-state index contributed by atoms with van der Waals surface area (Å²) in [6.07, 6.45) is 3.66. The Hall–Kier alpha value is -2.18. The molecule has 0 aliphatic rings. The average molecular weight is 259 g/mol. The predicted molar refractivity (Wildman–Crippen MR) is 72.8 cm³/mol. The normalized spacial score (nSPS) is 12.1. The molecule has 0 aliphatic heterocycles. The zero-order chi connectivity index (χ0) is 13.7. The Morgan fingerprint density at radius 3 is 2.74 bits per heavy atom. The Balaban J connectivity index is 2.11. The van der Waals surface area contributed by atoms with Gasteiger partial charge in [0, 0.05) is 18.8 Å². The van der Waals surface area contributed by atoms with Gasteiger partial charge in [-0.2, -0.15) is 5.10 Å². The first-order valence-corrected chi connectivity index (χ1v) is 6.00. The molecule has 0 saturated heterocycles. The molecule has 0 bridgehead atoms. The van der Waals surface area contributed by atoms with Gasteiger partial charge in [-0.05, 0) is 5.56 Å². The van der Waals surface area contributed by atoms with Crippen LogP contribution < -0.4 is 16.6 Å². The minimum Gasteiger partial charge on any atom is -0.358 e. The van der Waals surface area contributed by atoms with Gasteiger partial charge in [-0.1, -0.05) is 30.3 Å². The highest BCUT2D eigenvalue weighted by Crippen LogP contribution is 2.17. The molecule has 0 aliphatic carbocycles. The molecular weight excluding hydrogens is 242 g/mol. The second-order valence-corrected chi connectivity index (χ2v) is 4.15. The Labute approximate surface area is 111 Å². The van der Waals surface area contributed by atoms with Crippen molar-refractivity contribution in [3.8, 4) is 11.1 Å². The molecule has 100 valence electrons. The van der Waals surface area contributed by atoms with E-state index in [9.17, 15) is 4.79 Å². The number of likely N-dealkylation sites (N-methyl/N-ethyl adjacent to an activating group) is 1. The Kier molecular flexibility index (Phi) is 4.27. The highest BCUT2D eigenvalue weighted by atomic mass is 16.2. The number of hydrazine groups is 1. The molecule has 0 unspecified atom stereocenters. The molecule has 1 atom stereocenters. The van der Waals surface area contributed by atoms with Crippen molar-refractivity contribution in [3.63, 3.8) is 0 Å². The van der Waals surface area contributed by atoms with E-state index >= 15 is 0 Å². The molecule has 2 aromatic rings. The molecule has 0 fully saturated rings. The first-order valence-electron chi connectivity index (χ1n) is 6.00. The Morgan fingerprint density at radius 1 is 1.37 bits per heavy atom. The number of hydrogen-bond donors (Lipinski definition) is 3. The smallest absolute Gasteiger partial charge is 0.240 e. The Bertz CT molecular complexity index is 537. The molecule has 19 heavy (non-hydrogen) atoms. The number of carbonyl (C=O) groups is 1. The maximum atomic E-state index is 11.5. The van der Waals surface area contributed by atoms with Crippen molar-refractivity contribution in [1.29, 1.82) is 0 Å². The summed E-state index contributed by atoms with van der Waals surface area (Å²) in [5, 5.41) is 6.79. The molecule has 1 amide bonds. The third-order valence-corrected chi connectivity index (χ3v) is 2.87. The molecule has 0 spiro atoms. The van der Waals surface area contributed by atoms with E-state index < -0.39 is 6.04 Å². The molecule has 1 aromatic carbocycles. The summed E-state index contributed by atoms with van der Waals surface area (Å²) in [7, 11) is 1.57. The lowest BCUT2D eigenvalue weighted by Crippen LogP contribution is -2.48. The van der Waals surface area contributed by atoms with Crippen molar-refractivity contribution in [2.24, 2.45) is 5.84 Å². The second-order valence-electron chi connectivity index (χ2n) is 4.15. The van der Waals surface area contributed by atoms with Crippen molar-refractivity contribution < 1.29 is 4.79 Å². The van der Waals surface area contributed by atoms with Gasteiger partial charge in [-0.15, -0.1) is 0 Å². The lowest BCUT2D eigenvalue weighted by molar-refractivity contribution is -0.123. The van der Waals surface area contributed by atoms with Gasteiger partial charge in [0.05, 0.1) is 12.7 Å². The summed E-state index contributed by atoms with van der Waals surface area (Å²) in [6, 6.07) is 9.43. The molecule has 0 saturated carbocycles. The van der Waals surface area contributed by atoms with Gasteiger partial charge in [-0.3, -0.25) is 15.3 Å². The van der Waals surface area contributed by atoms with Crippen LogP contribution in [0.2, 0.25) is 0 Å². The summed E-state index contributed by atoms with van der Waals surface area (Å²) in [5.41, 5.74) is 4.57. The zero-order valence-electron chi connectivity index (χ0n) is 10.7. The van der Waals surface area contributed by atoms with Crippen LogP contribution in [0.4, 0.5) is 0 Å². The van der Waals surface area contributed by atoms with Crippen LogP contribution in [0.3, 0.4) is 0 Å². The largest absolute Gasteiger partial charge is 0.358 e. The monoisotopic (exact) mass is 259 g/mol. The molecule has 6 heteroatoms. The topological polar surface area (TPSA) is 85.0 Å². The van der Waals surface area contributed by atoms with Crippen LogP contribution in [0.5, 0.6) is 0 Å². The van der Waals surface area contributed by atoms with Crippen molar-refractivity contribution in [3.05, 3.63) is 42.7 Å². The van der Waals surface area contributed by atoms with Crippen LogP contribution in [-0.2, 0) is 11.3 Å². The van der Waals surface area contributed by atoms with Gasteiger partial charge in [-0.25, -0.2) is 5.43 Å². The molecular formula is C13H17N5O. The molecule has 6 nitrogen and oxygen atoms in total. The van der Waals surface area contributed by atoms with Crippen LogP contribution in [0.1, 0.15) is 0 Å². The lowest BCUT2D eigenvalue weighted by atomic mass is 10.1. The quantitative estimate of drug-likeness (QED) is 0.526. The van der Waals surface area contributed by atoms with Gasteiger partial charge in [0.2, 0.25) is 5.91 Å². The summed E-state index contributed by atoms with van der Waals surface area (Å²) < 4.78 is 1.70. The van der Waals surface area contributed by atoms with E-state index in [0.717, 1.165) is 11.1 Å². The van der Waals surface area contributed by atoms with Crippen molar-refractivity contribution >= 4 is 5.91 Å². The van der Waals surface area contributed by atoms with E-state index in [1.807, 2.05) is 36.5 Å². The number of nitrogens with two attached hydrogens (primary N) is 1. The summed E-state index contributed by atoms with van der Waals surface area (Å²) in [5.74, 6) is 5.20. The number of amides is 1. The molecule has 0 radical (unpaired) electrons. The number of nitrogens with one attached hydrogen (secondary N) is 2. The zero-order valence-corrected chi connectivity index (χ0v) is 10.7. The number of benzene rings is 1. The molecule has 1 heterocycles. The third kappa shape index (κ3) is 3.18. The fourth-order valence-corrected chi connectivity index (χ4v) is 1.82. The minimum absolute atomic E-state index is 0.167. The predicted octanol–water partition coefficient (Wildman–Crippen LogP) is 0.128. The fraction of sp³-hybridized carbons (Fsp3) is 0.231. The number of nitrogens with zero attached hydrogens (tertiary/aromatic N) is 2. The number of aromatic nitrogens is 2. The van der Waals surface area contributed by atoms with E-state index in [-0.39, 0.29) is 5.91 Å². The van der Waals surface area contributed by atoms with Crippen molar-refractivity contribution in [1.82, 2.24) is 20.5 Å². The van der Waals surface area contributed by atoms with Crippen LogP contribution in [-0.4, -0.2) is 28.8 Å². The molecule has 4 N–H and O–H groups in total. The first-order chi connectivity index (χ1) is 9.24. The van der Waals surface area contributed by atoms with Gasteiger partial charge in [0.15, 0.2) is 0 Å². The van der Waals surface area contributed by atoms with Crippen LogP contribution >= 0.6 is 0 Å². The minimum atomic E-state index is -0.506. The van der Waals surface area contributed by atoms with Gasteiger partial charge in [0.1, 0.15) is 6.04 Å². The lowest BCUT2D eigenvalue weighted by Gasteiger charge is -2.13. The summed E-state index contributed by atoms with van der Waals surface area (Å²) in [6.45, 7) is 0.378. The number of carbonyl (C=O) groups excluding carboxylic acids is 1. The van der Waals surface area contributed by atoms with Gasteiger partial charge < -0.3 is 5.32 Å². The second kappa shape index (κ2) is 6.12. The summed E-state index contributed by atoms with van der Waals surface area (Å²) in [4.78, 5) is 11.5. The van der Waals surface area contributed by atoms with Gasteiger partial charge >= 0.3 is 0 Å². The SMILES string of the molecule is CNC(=O)[C@H](Cn1cc(-c2ccccc2)cn1)NN. The molecule has 1 aromatic heterocycles. The first kappa shape index (κ1) is 13.3. The number of hydrogen-bond acceptors (Lipinski definition) is 4. The maximum Gasteiger partial charge on any atom is 0.240 e. The summed E-state index contributed by atoms with van der Waals surface area (Å²) >= 11 is 0. The van der Waals surface area contributed by atoms with E-state index in [4.69, 9.17) is 5.84 Å². The maximum absolute atomic E-state index is 11.5. The van der Waals surface area contributed by atoms with Gasteiger partial charge in [0.25, 0.3) is 0 Å². The highest BCUT2D eigenvalue weighted by molar-refractivity contribution is 5.81. The average Bonchev–Trinajstić information content (AvgIpc) is 2.93. The van der Waals surface area contributed by atoms with E-state index in [2.05, 4.69) is 15.8 Å². The van der Waals surface area contributed by atoms with Crippen LogP contribution in [0, 0.1) is 0 Å². The van der Waals surface area contributed by atoms with Crippen molar-refractivity contribution in [2.75, 3.05) is 7.05 Å². The standard InChI is InChI=1S/C13H17N5O/c1-15-13(19)12(17-14)9-18-8-11(7-16-18)10-5-3-2-4-6-10/h2-8,12,17H,9,14H2,1H3,(H,15,19)/t12-/m0/s1. The van der Waals surface area contributed by atoms with E-state index in [1.165, 1.54) is 0 Å². The third-order valence-electron chi connectivity index (χ3n) is 2.87. The van der Waals surface area contributed by atoms with Crippen LogP contribution in [0.15, 0.2) is 42.7 Å². The highest BCUT2D eigenvalue weighted by Gasteiger charge is 2.16. The fourth-order valence-electron chi connectivity index (χ4n) is 1.82. The van der Waals surface area contributed by atoms with E-state index in [1.54, 1.807) is 17.9 Å². The van der Waals surface area contributed by atoms with Crippen molar-refractivity contribution in [2.45, 2.75) is 12.6 Å². The molecule has 2 rings (SSSR count). The van der Waals surface area contributed by atoms with E-state index in [0.29, 0.717) is 6.54 Å².